The second kappa shape index (κ2) is 6.58. The lowest BCUT2D eigenvalue weighted by molar-refractivity contribution is 0.394. The van der Waals surface area contributed by atoms with Crippen LogP contribution in [0.1, 0.15) is 5.89 Å². The predicted octanol–water partition coefficient (Wildman–Crippen LogP) is 4.17. The monoisotopic (exact) mass is 370 g/mol. The summed E-state index contributed by atoms with van der Waals surface area (Å²) < 4.78 is 10.9. The van der Waals surface area contributed by atoms with E-state index < -0.39 is 0 Å². The van der Waals surface area contributed by atoms with Gasteiger partial charge in [0.15, 0.2) is 5.82 Å². The molecule has 0 aliphatic carbocycles. The van der Waals surface area contributed by atoms with E-state index in [9.17, 15) is 0 Å². The van der Waals surface area contributed by atoms with Gasteiger partial charge in [-0.2, -0.15) is 4.98 Å². The molecule has 0 unspecified atom stereocenters. The van der Waals surface area contributed by atoms with Crippen LogP contribution in [0, 0.1) is 6.92 Å². The van der Waals surface area contributed by atoms with E-state index in [1.165, 1.54) is 0 Å². The van der Waals surface area contributed by atoms with Crippen molar-refractivity contribution >= 4 is 11.0 Å². The van der Waals surface area contributed by atoms with Gasteiger partial charge in [0.25, 0.3) is 0 Å². The maximum absolute atomic E-state index is 5.91. The van der Waals surface area contributed by atoms with E-state index in [-0.39, 0.29) is 0 Å². The third kappa shape index (κ3) is 3.07. The molecule has 136 valence electrons. The summed E-state index contributed by atoms with van der Waals surface area (Å²) in [6.45, 7) is 1.73. The van der Waals surface area contributed by atoms with E-state index in [0.29, 0.717) is 34.7 Å². The molecule has 4 aromatic heterocycles. The molecule has 1 aromatic carbocycles. The largest absolute Gasteiger partial charge is 0.456 e. The smallest absolute Gasteiger partial charge is 0.223 e. The van der Waals surface area contributed by atoms with Crippen molar-refractivity contribution in [2.75, 3.05) is 0 Å². The van der Waals surface area contributed by atoms with Gasteiger partial charge in [-0.3, -0.25) is 4.98 Å². The van der Waals surface area contributed by atoms with Crippen molar-refractivity contribution < 1.29 is 9.26 Å². The topological polar surface area (TPSA) is 103 Å². The predicted molar refractivity (Wildman–Crippen MR) is 102 cm³/mol. The van der Waals surface area contributed by atoms with Crippen LogP contribution in [0.25, 0.3) is 34.1 Å². The molecule has 0 saturated heterocycles. The molecule has 0 aliphatic heterocycles. The standard InChI is InChI=1S/C20H14N6O2/c1-12-23-20(26-28-12)17-8-6-14(11-22-17)27-13-5-7-15-18(10-13)25-19(24-15)16-4-2-3-9-21-16/h2-11H,1H3,(H,24,25). The Balaban J connectivity index is 1.39. The molecule has 0 radical (unpaired) electrons. The lowest BCUT2D eigenvalue weighted by Crippen LogP contribution is -1.89. The Kier molecular flexibility index (Phi) is 3.79. The highest BCUT2D eigenvalue weighted by atomic mass is 16.5. The summed E-state index contributed by atoms with van der Waals surface area (Å²) in [7, 11) is 0. The van der Waals surface area contributed by atoms with E-state index in [1.807, 2.05) is 42.5 Å². The highest BCUT2D eigenvalue weighted by Gasteiger charge is 2.09. The van der Waals surface area contributed by atoms with Crippen LogP contribution in [-0.4, -0.2) is 30.1 Å². The van der Waals surface area contributed by atoms with Crippen LogP contribution in [0.4, 0.5) is 0 Å². The van der Waals surface area contributed by atoms with Gasteiger partial charge in [0.2, 0.25) is 11.7 Å². The molecule has 0 spiro atoms. The zero-order chi connectivity index (χ0) is 18.9. The Bertz CT molecular complexity index is 1240. The van der Waals surface area contributed by atoms with Gasteiger partial charge in [-0.1, -0.05) is 11.2 Å². The number of H-pyrrole nitrogens is 1. The number of rotatable bonds is 4. The van der Waals surface area contributed by atoms with E-state index in [1.54, 1.807) is 25.4 Å². The van der Waals surface area contributed by atoms with Gasteiger partial charge >= 0.3 is 0 Å². The zero-order valence-electron chi connectivity index (χ0n) is 14.8. The van der Waals surface area contributed by atoms with Crippen molar-refractivity contribution in [3.05, 3.63) is 66.8 Å². The maximum Gasteiger partial charge on any atom is 0.223 e. The number of fused-ring (bicyclic) bond motifs is 1. The Morgan fingerprint density at radius 2 is 1.86 bits per heavy atom. The van der Waals surface area contributed by atoms with Crippen LogP contribution in [0.15, 0.2) is 65.4 Å². The fourth-order valence-corrected chi connectivity index (χ4v) is 2.79. The van der Waals surface area contributed by atoms with Gasteiger partial charge < -0.3 is 14.2 Å². The average Bonchev–Trinajstić information content (AvgIpc) is 3.35. The summed E-state index contributed by atoms with van der Waals surface area (Å²) in [5.74, 6) is 2.94. The molecular formula is C20H14N6O2. The Labute approximate surface area is 159 Å². The van der Waals surface area contributed by atoms with Crippen molar-refractivity contribution in [3.8, 4) is 34.5 Å². The zero-order valence-corrected chi connectivity index (χ0v) is 14.8. The molecule has 0 bridgehead atoms. The third-order valence-electron chi connectivity index (χ3n) is 4.09. The molecule has 0 amide bonds. The Hall–Kier alpha value is -4.07. The minimum atomic E-state index is 0.449. The number of ether oxygens (including phenoxy) is 1. The van der Waals surface area contributed by atoms with E-state index in [0.717, 1.165) is 16.7 Å². The van der Waals surface area contributed by atoms with E-state index in [2.05, 4.69) is 30.1 Å². The number of aromatic amines is 1. The number of nitrogens with one attached hydrogen (secondary N) is 1. The van der Waals surface area contributed by atoms with Crippen LogP contribution in [0.5, 0.6) is 11.5 Å². The van der Waals surface area contributed by atoms with Crippen molar-refractivity contribution in [1.29, 1.82) is 0 Å². The summed E-state index contributed by atoms with van der Waals surface area (Å²) in [6.07, 6.45) is 3.36. The van der Waals surface area contributed by atoms with E-state index in [4.69, 9.17) is 9.26 Å². The lowest BCUT2D eigenvalue weighted by Gasteiger charge is -2.05. The Morgan fingerprint density at radius 3 is 2.61 bits per heavy atom. The van der Waals surface area contributed by atoms with Crippen LogP contribution in [-0.2, 0) is 0 Å². The quantitative estimate of drug-likeness (QED) is 0.506. The minimum Gasteiger partial charge on any atom is -0.456 e. The second-order valence-electron chi connectivity index (χ2n) is 6.10. The fourth-order valence-electron chi connectivity index (χ4n) is 2.79. The summed E-state index contributed by atoms with van der Waals surface area (Å²) in [4.78, 5) is 20.6. The van der Waals surface area contributed by atoms with E-state index >= 15 is 0 Å². The number of hydrogen-bond donors (Lipinski definition) is 1. The first kappa shape index (κ1) is 16.1. The number of pyridine rings is 2. The van der Waals surface area contributed by atoms with Gasteiger partial charge in [0.1, 0.15) is 22.9 Å². The van der Waals surface area contributed by atoms with Gasteiger partial charge in [-0.25, -0.2) is 9.97 Å². The van der Waals surface area contributed by atoms with Crippen molar-refractivity contribution in [3.63, 3.8) is 0 Å². The first-order chi connectivity index (χ1) is 13.7. The van der Waals surface area contributed by atoms with Crippen molar-refractivity contribution in [1.82, 2.24) is 30.1 Å². The van der Waals surface area contributed by atoms with Crippen LogP contribution in [0.3, 0.4) is 0 Å². The Morgan fingerprint density at radius 1 is 0.929 bits per heavy atom. The molecule has 0 atom stereocenters. The molecule has 0 aliphatic rings. The first-order valence-corrected chi connectivity index (χ1v) is 8.60. The SMILES string of the molecule is Cc1nc(-c2ccc(Oc3ccc4nc(-c5ccccn5)[nH]c4c3)cn2)no1. The van der Waals surface area contributed by atoms with Crippen molar-refractivity contribution in [2.45, 2.75) is 6.92 Å². The number of nitrogens with zero attached hydrogens (tertiary/aromatic N) is 5. The minimum absolute atomic E-state index is 0.449. The molecule has 5 rings (SSSR count). The second-order valence-corrected chi connectivity index (χ2v) is 6.10. The van der Waals surface area contributed by atoms with Gasteiger partial charge in [-0.15, -0.1) is 0 Å². The summed E-state index contributed by atoms with van der Waals surface area (Å²) in [6, 6.07) is 15.0. The molecule has 0 saturated carbocycles. The molecule has 1 N–H and O–H groups in total. The highest BCUT2D eigenvalue weighted by Crippen LogP contribution is 2.27. The number of benzene rings is 1. The van der Waals surface area contributed by atoms with Crippen LogP contribution in [0.2, 0.25) is 0 Å². The maximum atomic E-state index is 5.91. The third-order valence-corrected chi connectivity index (χ3v) is 4.09. The molecule has 28 heavy (non-hydrogen) atoms. The molecular weight excluding hydrogens is 356 g/mol. The molecule has 8 heteroatoms. The fraction of sp³-hybridized carbons (Fsp3) is 0.0500. The lowest BCUT2D eigenvalue weighted by atomic mass is 10.3. The summed E-state index contributed by atoms with van der Waals surface area (Å²) >= 11 is 0. The number of imidazole rings is 1. The van der Waals surface area contributed by atoms with Gasteiger partial charge in [-0.05, 0) is 36.4 Å². The number of aryl methyl sites for hydroxylation is 1. The molecule has 8 nitrogen and oxygen atoms in total. The summed E-state index contributed by atoms with van der Waals surface area (Å²) in [5.41, 5.74) is 3.12. The first-order valence-electron chi connectivity index (χ1n) is 8.60. The van der Waals surface area contributed by atoms with Crippen LogP contribution < -0.4 is 4.74 Å². The molecule has 0 fully saturated rings. The van der Waals surface area contributed by atoms with Crippen molar-refractivity contribution in [2.24, 2.45) is 0 Å². The van der Waals surface area contributed by atoms with Gasteiger partial charge in [0.05, 0.1) is 17.2 Å². The van der Waals surface area contributed by atoms with Crippen LogP contribution >= 0.6 is 0 Å². The summed E-state index contributed by atoms with van der Waals surface area (Å²) in [5, 5.41) is 3.86. The van der Waals surface area contributed by atoms with Gasteiger partial charge in [0, 0.05) is 19.2 Å². The molecule has 5 aromatic rings. The number of aromatic nitrogens is 6. The molecule has 4 heterocycles. The normalized spacial score (nSPS) is 11.0. The number of hydrogen-bond acceptors (Lipinski definition) is 7. The average molecular weight is 370 g/mol. The highest BCUT2D eigenvalue weighted by molar-refractivity contribution is 5.80.